The van der Waals surface area contributed by atoms with Gasteiger partial charge in [0, 0.05) is 56.4 Å². The van der Waals surface area contributed by atoms with Gasteiger partial charge in [-0.15, -0.1) is 0 Å². The second kappa shape index (κ2) is 9.74. The van der Waals surface area contributed by atoms with Gasteiger partial charge in [-0.2, -0.15) is 4.31 Å². The van der Waals surface area contributed by atoms with Gasteiger partial charge < -0.3 is 9.47 Å². The molecule has 1 saturated heterocycles. The molecule has 2 aromatic carbocycles. The van der Waals surface area contributed by atoms with Crippen molar-refractivity contribution in [3.05, 3.63) is 66.4 Å². The Morgan fingerprint density at radius 2 is 1.61 bits per heavy atom. The van der Waals surface area contributed by atoms with Crippen LogP contribution >= 0.6 is 0 Å². The van der Waals surface area contributed by atoms with E-state index in [0.29, 0.717) is 32.7 Å². The molecule has 1 aliphatic rings. The molecule has 1 fully saturated rings. The molecule has 9 nitrogen and oxygen atoms in total. The lowest BCUT2D eigenvalue weighted by Crippen LogP contribution is -2.47. The van der Waals surface area contributed by atoms with Crippen molar-refractivity contribution >= 4 is 32.7 Å². The summed E-state index contributed by atoms with van der Waals surface area (Å²) in [6, 6.07) is 15.6. The van der Waals surface area contributed by atoms with Crippen molar-refractivity contribution in [2.24, 2.45) is 0 Å². The van der Waals surface area contributed by atoms with E-state index in [0.717, 1.165) is 10.9 Å². The first kappa shape index (κ1) is 23.0. The topological polar surface area (TPSA) is 104 Å². The monoisotopic (exact) mass is 469 g/mol. The summed E-state index contributed by atoms with van der Waals surface area (Å²) in [7, 11) is -1.64. The van der Waals surface area contributed by atoms with Crippen LogP contribution in [0.15, 0.2) is 65.7 Å². The molecule has 2 amide bonds. The Kier molecular flexibility index (Phi) is 6.77. The third-order valence-corrected chi connectivity index (χ3v) is 7.70. The number of para-hydroxylation sites is 1. The van der Waals surface area contributed by atoms with Crippen molar-refractivity contribution in [3.63, 3.8) is 0 Å². The number of benzene rings is 2. The molecule has 0 radical (unpaired) electrons. The number of amides is 2. The summed E-state index contributed by atoms with van der Waals surface area (Å²) in [6.07, 6.45) is 2.12. The molecule has 33 heavy (non-hydrogen) atoms. The summed E-state index contributed by atoms with van der Waals surface area (Å²) < 4.78 is 29.0. The number of piperazine rings is 1. The highest BCUT2D eigenvalue weighted by Gasteiger charge is 2.27. The average molecular weight is 470 g/mol. The smallest absolute Gasteiger partial charge is 0.269 e. The number of nitrogens with one attached hydrogen (secondary N) is 2. The molecule has 2 heterocycles. The molecule has 0 unspecified atom stereocenters. The van der Waals surface area contributed by atoms with Gasteiger partial charge in [-0.25, -0.2) is 8.42 Å². The third-order valence-electron chi connectivity index (χ3n) is 5.79. The van der Waals surface area contributed by atoms with Crippen LogP contribution < -0.4 is 10.9 Å². The van der Waals surface area contributed by atoms with Crippen LogP contribution in [0.3, 0.4) is 0 Å². The fourth-order valence-electron chi connectivity index (χ4n) is 3.77. The maximum atomic E-state index is 12.8. The molecule has 10 heteroatoms. The van der Waals surface area contributed by atoms with Crippen LogP contribution in [-0.4, -0.2) is 67.2 Å². The maximum Gasteiger partial charge on any atom is 0.269 e. The number of likely N-dealkylation sites (N-methyl/N-ethyl adjacent to an activating group) is 1. The molecule has 0 aliphatic carbocycles. The zero-order valence-electron chi connectivity index (χ0n) is 18.4. The maximum absolute atomic E-state index is 12.8. The SMILES string of the molecule is CN1CCN(S(=O)(=O)c2ccc(C(=O)NNC(=O)CCn3ccc4ccccc43)cc2)CC1. The highest BCUT2D eigenvalue weighted by atomic mass is 32.2. The van der Waals surface area contributed by atoms with Crippen molar-refractivity contribution in [3.8, 4) is 0 Å². The standard InChI is InChI=1S/C23H27N5O4S/c1-26-14-16-28(17-15-26)33(31,32)20-8-6-19(7-9-20)23(30)25-24-22(29)11-13-27-12-10-18-4-2-3-5-21(18)27/h2-10,12H,11,13-17H2,1H3,(H,24,29)(H,25,30). The van der Waals surface area contributed by atoms with E-state index >= 15 is 0 Å². The van der Waals surface area contributed by atoms with E-state index in [1.165, 1.54) is 28.6 Å². The second-order valence-corrected chi connectivity index (χ2v) is 9.99. The lowest BCUT2D eigenvalue weighted by molar-refractivity contribution is -0.122. The van der Waals surface area contributed by atoms with Gasteiger partial charge in [0.2, 0.25) is 15.9 Å². The van der Waals surface area contributed by atoms with Crippen LogP contribution in [0.2, 0.25) is 0 Å². The van der Waals surface area contributed by atoms with Gasteiger partial charge in [-0.1, -0.05) is 18.2 Å². The number of nitrogens with zero attached hydrogens (tertiary/aromatic N) is 3. The Morgan fingerprint density at radius 1 is 0.909 bits per heavy atom. The predicted octanol–water partition coefficient (Wildman–Crippen LogP) is 1.43. The lowest BCUT2D eigenvalue weighted by atomic mass is 10.2. The summed E-state index contributed by atoms with van der Waals surface area (Å²) >= 11 is 0. The molecule has 0 spiro atoms. The molecule has 0 bridgehead atoms. The summed E-state index contributed by atoms with van der Waals surface area (Å²) in [5, 5.41) is 1.10. The highest BCUT2D eigenvalue weighted by molar-refractivity contribution is 7.89. The zero-order valence-corrected chi connectivity index (χ0v) is 19.2. The van der Waals surface area contributed by atoms with Crippen molar-refractivity contribution in [1.82, 2.24) is 24.6 Å². The molecule has 0 atom stereocenters. The number of hydrogen-bond acceptors (Lipinski definition) is 5. The first-order valence-electron chi connectivity index (χ1n) is 10.8. The van der Waals surface area contributed by atoms with Crippen LogP contribution in [0.1, 0.15) is 16.8 Å². The first-order valence-corrected chi connectivity index (χ1v) is 12.2. The van der Waals surface area contributed by atoms with Crippen molar-refractivity contribution < 1.29 is 18.0 Å². The van der Waals surface area contributed by atoms with E-state index < -0.39 is 15.9 Å². The Hall–Kier alpha value is -3.21. The molecular formula is C23H27N5O4S. The normalized spacial score (nSPS) is 15.4. The lowest BCUT2D eigenvalue weighted by Gasteiger charge is -2.31. The number of aryl methyl sites for hydroxylation is 1. The van der Waals surface area contributed by atoms with Gasteiger partial charge in [0.15, 0.2) is 0 Å². The van der Waals surface area contributed by atoms with Crippen LogP contribution in [0, 0.1) is 0 Å². The van der Waals surface area contributed by atoms with Gasteiger partial charge in [-0.05, 0) is 48.8 Å². The molecule has 174 valence electrons. The van der Waals surface area contributed by atoms with Crippen LogP contribution in [0.25, 0.3) is 10.9 Å². The fourth-order valence-corrected chi connectivity index (χ4v) is 5.20. The second-order valence-electron chi connectivity index (χ2n) is 8.05. The van der Waals surface area contributed by atoms with E-state index in [-0.39, 0.29) is 22.8 Å². The number of fused-ring (bicyclic) bond motifs is 1. The van der Waals surface area contributed by atoms with Gasteiger partial charge >= 0.3 is 0 Å². The molecule has 4 rings (SSSR count). The number of carbonyl (C=O) groups excluding carboxylic acids is 2. The minimum absolute atomic E-state index is 0.145. The highest BCUT2D eigenvalue weighted by Crippen LogP contribution is 2.18. The minimum Gasteiger partial charge on any atom is -0.347 e. The Labute approximate surface area is 193 Å². The number of carbonyl (C=O) groups is 2. The first-order chi connectivity index (χ1) is 15.8. The zero-order chi connectivity index (χ0) is 23.4. The molecule has 0 saturated carbocycles. The van der Waals surface area contributed by atoms with Crippen LogP contribution in [-0.2, 0) is 21.4 Å². The number of aromatic nitrogens is 1. The summed E-state index contributed by atoms with van der Waals surface area (Å²) in [4.78, 5) is 26.7. The minimum atomic E-state index is -3.60. The largest absolute Gasteiger partial charge is 0.347 e. The number of hydrazine groups is 1. The summed E-state index contributed by atoms with van der Waals surface area (Å²) in [6.45, 7) is 2.71. The van der Waals surface area contributed by atoms with E-state index in [2.05, 4.69) is 15.8 Å². The third kappa shape index (κ3) is 5.24. The van der Waals surface area contributed by atoms with Gasteiger partial charge in [0.1, 0.15) is 0 Å². The van der Waals surface area contributed by atoms with E-state index in [4.69, 9.17) is 0 Å². The number of sulfonamides is 1. The molecule has 1 aliphatic heterocycles. The van der Waals surface area contributed by atoms with Crippen molar-refractivity contribution in [1.29, 1.82) is 0 Å². The average Bonchev–Trinajstić information content (AvgIpc) is 3.24. The number of hydrogen-bond donors (Lipinski definition) is 2. The van der Waals surface area contributed by atoms with Crippen molar-refractivity contribution in [2.45, 2.75) is 17.9 Å². The molecular weight excluding hydrogens is 442 g/mol. The quantitative estimate of drug-likeness (QED) is 0.532. The van der Waals surface area contributed by atoms with E-state index in [1.807, 2.05) is 48.1 Å². The summed E-state index contributed by atoms with van der Waals surface area (Å²) in [5.41, 5.74) is 6.08. The van der Waals surface area contributed by atoms with Gasteiger partial charge in [0.05, 0.1) is 4.90 Å². The fraction of sp³-hybridized carbons (Fsp3) is 0.304. The van der Waals surface area contributed by atoms with Crippen LogP contribution in [0.4, 0.5) is 0 Å². The molecule has 1 aromatic heterocycles. The van der Waals surface area contributed by atoms with Gasteiger partial charge in [0.25, 0.3) is 5.91 Å². The predicted molar refractivity (Wildman–Crippen MR) is 125 cm³/mol. The van der Waals surface area contributed by atoms with Crippen LogP contribution in [0.5, 0.6) is 0 Å². The Bertz CT molecular complexity index is 1250. The van der Waals surface area contributed by atoms with Crippen molar-refractivity contribution in [2.75, 3.05) is 33.2 Å². The van der Waals surface area contributed by atoms with E-state index in [9.17, 15) is 18.0 Å². The molecule has 3 aromatic rings. The Morgan fingerprint density at radius 3 is 2.33 bits per heavy atom. The van der Waals surface area contributed by atoms with E-state index in [1.54, 1.807) is 0 Å². The van der Waals surface area contributed by atoms with Gasteiger partial charge in [-0.3, -0.25) is 20.4 Å². The Balaban J connectivity index is 1.29. The number of rotatable bonds is 6. The summed E-state index contributed by atoms with van der Waals surface area (Å²) in [5.74, 6) is -0.839. The molecule has 2 N–H and O–H groups in total.